The van der Waals surface area contributed by atoms with Crippen molar-refractivity contribution in [1.29, 1.82) is 0 Å². The van der Waals surface area contributed by atoms with E-state index in [0.29, 0.717) is 19.5 Å². The fourth-order valence-corrected chi connectivity index (χ4v) is 3.76. The number of nitrogens with one attached hydrogen (secondary N) is 1. The maximum absolute atomic E-state index is 12.6. The Morgan fingerprint density at radius 3 is 2.75 bits per heavy atom. The van der Waals surface area contributed by atoms with Gasteiger partial charge in [-0.2, -0.15) is 0 Å². The summed E-state index contributed by atoms with van der Waals surface area (Å²) in [6.07, 6.45) is 1.81. The molecule has 0 aliphatic carbocycles. The molecular weight excluding hydrogens is 352 g/mol. The van der Waals surface area contributed by atoms with Crippen LogP contribution in [0.3, 0.4) is 0 Å². The second kappa shape index (κ2) is 8.91. The van der Waals surface area contributed by atoms with E-state index in [2.05, 4.69) is 18.3 Å². The number of para-hydroxylation sites is 1. The molecule has 5 nitrogen and oxygen atoms in total. The van der Waals surface area contributed by atoms with Crippen LogP contribution in [0.2, 0.25) is 0 Å². The van der Waals surface area contributed by atoms with E-state index >= 15 is 0 Å². The van der Waals surface area contributed by atoms with Crippen LogP contribution in [0, 0.1) is 12.8 Å². The zero-order valence-electron chi connectivity index (χ0n) is 16.8. The second-order valence-electron chi connectivity index (χ2n) is 7.24. The van der Waals surface area contributed by atoms with Gasteiger partial charge in [0.2, 0.25) is 11.8 Å². The molecule has 1 heterocycles. The predicted molar refractivity (Wildman–Crippen MR) is 111 cm³/mol. The number of ether oxygens (including phenoxy) is 1. The molecule has 1 aliphatic rings. The summed E-state index contributed by atoms with van der Waals surface area (Å²) in [4.78, 5) is 26.9. The van der Waals surface area contributed by atoms with Crippen molar-refractivity contribution in [2.75, 3.05) is 25.1 Å². The van der Waals surface area contributed by atoms with Gasteiger partial charge in [-0.05, 0) is 43.0 Å². The first kappa shape index (κ1) is 19.9. The average molecular weight is 380 g/mol. The van der Waals surface area contributed by atoms with Crippen molar-refractivity contribution in [2.24, 2.45) is 5.92 Å². The molecule has 5 heteroatoms. The summed E-state index contributed by atoms with van der Waals surface area (Å²) < 4.78 is 5.39. The molecule has 2 aromatic rings. The van der Waals surface area contributed by atoms with Gasteiger partial charge in [0.15, 0.2) is 0 Å². The fourth-order valence-electron chi connectivity index (χ4n) is 3.76. The molecule has 0 saturated carbocycles. The molecule has 1 aliphatic heterocycles. The lowest BCUT2D eigenvalue weighted by Gasteiger charge is -2.20. The Hall–Kier alpha value is -2.82. The van der Waals surface area contributed by atoms with Crippen molar-refractivity contribution in [3.8, 4) is 5.75 Å². The Morgan fingerprint density at radius 2 is 2.00 bits per heavy atom. The highest BCUT2D eigenvalue weighted by Crippen LogP contribution is 2.28. The first-order chi connectivity index (χ1) is 13.5. The van der Waals surface area contributed by atoms with Crippen molar-refractivity contribution in [3.63, 3.8) is 0 Å². The Balaban J connectivity index is 1.59. The van der Waals surface area contributed by atoms with Gasteiger partial charge in [0.05, 0.1) is 13.0 Å². The standard InChI is InChI=1S/C23H28N2O3/c1-4-17-7-5-6-8-20(17)25-15-19(14-22(25)26)23(27)24-12-11-18-13-16(2)9-10-21(18)28-3/h5-10,13,19H,4,11-12,14-15H2,1-3H3,(H,24,27). The van der Waals surface area contributed by atoms with Crippen LogP contribution in [0.25, 0.3) is 0 Å². The molecular formula is C23H28N2O3. The molecule has 148 valence electrons. The van der Waals surface area contributed by atoms with Gasteiger partial charge >= 0.3 is 0 Å². The maximum Gasteiger partial charge on any atom is 0.227 e. The van der Waals surface area contributed by atoms with Gasteiger partial charge in [-0.25, -0.2) is 0 Å². The third-order valence-corrected chi connectivity index (χ3v) is 5.29. The second-order valence-corrected chi connectivity index (χ2v) is 7.24. The van der Waals surface area contributed by atoms with E-state index in [1.54, 1.807) is 12.0 Å². The van der Waals surface area contributed by atoms with Crippen LogP contribution in [0.1, 0.15) is 30.0 Å². The molecule has 0 aromatic heterocycles. The van der Waals surface area contributed by atoms with Crippen molar-refractivity contribution >= 4 is 17.5 Å². The summed E-state index contributed by atoms with van der Waals surface area (Å²) >= 11 is 0. The number of methoxy groups -OCH3 is 1. The highest BCUT2D eigenvalue weighted by molar-refractivity contribution is 6.00. The largest absolute Gasteiger partial charge is 0.496 e. The summed E-state index contributed by atoms with van der Waals surface area (Å²) in [6.45, 7) is 5.07. The SMILES string of the molecule is CCc1ccccc1N1CC(C(=O)NCCc2cc(C)ccc2OC)CC1=O. The first-order valence-corrected chi connectivity index (χ1v) is 9.83. The summed E-state index contributed by atoms with van der Waals surface area (Å²) in [5.41, 5.74) is 4.29. The van der Waals surface area contributed by atoms with Gasteiger partial charge in [0, 0.05) is 25.2 Å². The molecule has 2 amide bonds. The number of anilines is 1. The lowest BCUT2D eigenvalue weighted by Crippen LogP contribution is -2.34. The van der Waals surface area contributed by atoms with Gasteiger partial charge < -0.3 is 15.0 Å². The monoisotopic (exact) mass is 380 g/mol. The Bertz CT molecular complexity index is 863. The number of carbonyl (C=O) groups excluding carboxylic acids is 2. The van der Waals surface area contributed by atoms with E-state index in [1.165, 1.54) is 0 Å². The fraction of sp³-hybridized carbons (Fsp3) is 0.391. The number of rotatable bonds is 7. The van der Waals surface area contributed by atoms with Crippen LogP contribution in [0.15, 0.2) is 42.5 Å². The minimum absolute atomic E-state index is 0.0152. The summed E-state index contributed by atoms with van der Waals surface area (Å²) in [6, 6.07) is 13.9. The van der Waals surface area contributed by atoms with Gasteiger partial charge in [-0.15, -0.1) is 0 Å². The third-order valence-electron chi connectivity index (χ3n) is 5.29. The Kier molecular flexibility index (Phi) is 6.34. The maximum atomic E-state index is 12.6. The van der Waals surface area contributed by atoms with Crippen molar-refractivity contribution in [3.05, 3.63) is 59.2 Å². The Labute approximate surface area is 166 Å². The van der Waals surface area contributed by atoms with Gasteiger partial charge in [0.1, 0.15) is 5.75 Å². The molecule has 0 radical (unpaired) electrons. The Morgan fingerprint density at radius 1 is 1.21 bits per heavy atom. The molecule has 28 heavy (non-hydrogen) atoms. The number of hydrogen-bond donors (Lipinski definition) is 1. The third kappa shape index (κ3) is 4.35. The molecule has 1 fully saturated rings. The van der Waals surface area contributed by atoms with Crippen LogP contribution < -0.4 is 15.0 Å². The van der Waals surface area contributed by atoms with Gasteiger partial charge in [0.25, 0.3) is 0 Å². The van der Waals surface area contributed by atoms with Crippen molar-refractivity contribution < 1.29 is 14.3 Å². The normalized spacial score (nSPS) is 16.3. The van der Waals surface area contributed by atoms with E-state index in [-0.39, 0.29) is 24.2 Å². The number of benzene rings is 2. The molecule has 1 saturated heterocycles. The van der Waals surface area contributed by atoms with Crippen LogP contribution in [-0.4, -0.2) is 32.0 Å². The molecule has 1 atom stereocenters. The quantitative estimate of drug-likeness (QED) is 0.802. The first-order valence-electron chi connectivity index (χ1n) is 9.83. The molecule has 1 unspecified atom stereocenters. The van der Waals surface area contributed by atoms with E-state index in [9.17, 15) is 9.59 Å². The van der Waals surface area contributed by atoms with Gasteiger partial charge in [-0.3, -0.25) is 9.59 Å². The predicted octanol–water partition coefficient (Wildman–Crippen LogP) is 3.28. The summed E-state index contributed by atoms with van der Waals surface area (Å²) in [5.74, 6) is 0.480. The van der Waals surface area contributed by atoms with E-state index in [1.807, 2.05) is 43.3 Å². The van der Waals surface area contributed by atoms with Crippen molar-refractivity contribution in [1.82, 2.24) is 5.32 Å². The van der Waals surface area contributed by atoms with E-state index in [0.717, 1.165) is 34.5 Å². The average Bonchev–Trinajstić information content (AvgIpc) is 3.09. The summed E-state index contributed by atoms with van der Waals surface area (Å²) in [7, 11) is 1.65. The number of amides is 2. The van der Waals surface area contributed by atoms with Crippen LogP contribution in [0.4, 0.5) is 5.69 Å². The minimum atomic E-state index is -0.309. The lowest BCUT2D eigenvalue weighted by atomic mass is 10.1. The number of nitrogens with zero attached hydrogens (tertiary/aromatic N) is 1. The molecule has 1 N–H and O–H groups in total. The van der Waals surface area contributed by atoms with Crippen LogP contribution >= 0.6 is 0 Å². The topological polar surface area (TPSA) is 58.6 Å². The molecule has 3 rings (SSSR count). The zero-order valence-corrected chi connectivity index (χ0v) is 16.8. The van der Waals surface area contributed by atoms with Crippen LogP contribution in [-0.2, 0) is 22.4 Å². The number of hydrogen-bond acceptors (Lipinski definition) is 3. The zero-order chi connectivity index (χ0) is 20.1. The molecule has 0 bridgehead atoms. The van der Waals surface area contributed by atoms with Crippen molar-refractivity contribution in [2.45, 2.75) is 33.1 Å². The molecule has 0 spiro atoms. The van der Waals surface area contributed by atoms with Crippen LogP contribution in [0.5, 0.6) is 5.75 Å². The highest BCUT2D eigenvalue weighted by Gasteiger charge is 2.35. The number of aryl methyl sites for hydroxylation is 2. The smallest absolute Gasteiger partial charge is 0.227 e. The minimum Gasteiger partial charge on any atom is -0.496 e. The highest BCUT2D eigenvalue weighted by atomic mass is 16.5. The summed E-state index contributed by atoms with van der Waals surface area (Å²) in [5, 5.41) is 2.99. The van der Waals surface area contributed by atoms with E-state index < -0.39 is 0 Å². The lowest BCUT2D eigenvalue weighted by molar-refractivity contribution is -0.126. The number of carbonyl (C=O) groups is 2. The molecule has 2 aromatic carbocycles. The van der Waals surface area contributed by atoms with E-state index in [4.69, 9.17) is 4.74 Å². The van der Waals surface area contributed by atoms with Gasteiger partial charge in [-0.1, -0.05) is 42.8 Å².